The van der Waals surface area contributed by atoms with Gasteiger partial charge in [0, 0.05) is 16.4 Å². The fraction of sp³-hybridized carbons (Fsp3) is 0.333. The largest absolute Gasteiger partial charge is 0.382 e. The van der Waals surface area contributed by atoms with Gasteiger partial charge >= 0.3 is 0 Å². The van der Waals surface area contributed by atoms with Crippen LogP contribution in [0.3, 0.4) is 0 Å². The Bertz CT molecular complexity index is 557. The molecule has 1 aliphatic heterocycles. The third kappa shape index (κ3) is 1.99. The lowest BCUT2D eigenvalue weighted by molar-refractivity contribution is 0.694. The van der Waals surface area contributed by atoms with Crippen molar-refractivity contribution in [3.05, 3.63) is 17.3 Å². The quantitative estimate of drug-likeness (QED) is 0.495. The third-order valence-electron chi connectivity index (χ3n) is 2.85. The highest BCUT2D eigenvalue weighted by Gasteiger charge is 2.49. The number of nitrogens with one attached hydrogen (secondary N) is 1. The number of hydrogen-bond donors (Lipinski definition) is 2. The predicted octanol–water partition coefficient (Wildman–Crippen LogP) is 2.48. The molecule has 2 aliphatic rings. The minimum absolute atomic E-state index is 0.102. The van der Waals surface area contributed by atoms with Crippen LogP contribution < -0.4 is 5.73 Å². The smallest absolute Gasteiger partial charge is 0.144 e. The first-order chi connectivity index (χ1) is 8.64. The molecule has 18 heavy (non-hydrogen) atoms. The molecule has 3 rings (SSSR count). The number of halogens is 1. The molecule has 0 atom stereocenters. The second kappa shape index (κ2) is 4.39. The van der Waals surface area contributed by atoms with Crippen molar-refractivity contribution < 1.29 is 3.89 Å². The van der Waals surface area contributed by atoms with E-state index >= 15 is 0 Å². The van der Waals surface area contributed by atoms with E-state index in [1.54, 1.807) is 6.07 Å². The van der Waals surface area contributed by atoms with Gasteiger partial charge in [-0.2, -0.15) is 3.89 Å². The first-order valence-corrected chi connectivity index (χ1v) is 7.97. The van der Waals surface area contributed by atoms with Crippen LogP contribution in [0, 0.1) is 5.41 Å². The van der Waals surface area contributed by atoms with Crippen molar-refractivity contribution in [3.8, 4) is 0 Å². The summed E-state index contributed by atoms with van der Waals surface area (Å²) in [6.07, 6.45) is 1.84. The Hall–Kier alpha value is -0.800. The monoisotopic (exact) mass is 301 g/mol. The van der Waals surface area contributed by atoms with Crippen molar-refractivity contribution >= 4 is 43.9 Å². The summed E-state index contributed by atoms with van der Waals surface area (Å²) in [4.78, 5) is 4.56. The average molecular weight is 301 g/mol. The second-order valence-electron chi connectivity index (χ2n) is 4.02. The standard InChI is InChI=1S/C9H8FN5S3/c10-18-17-8-13-9(1-2-9)4-3-5(6(11)12)14-15-7(4)16-8/h3H,1-2H2,(H3,11,12). The van der Waals surface area contributed by atoms with Gasteiger partial charge in [-0.05, 0) is 30.7 Å². The highest BCUT2D eigenvalue weighted by Crippen LogP contribution is 2.56. The number of rotatable bonds is 2. The van der Waals surface area contributed by atoms with Crippen LogP contribution in [-0.2, 0) is 5.54 Å². The van der Waals surface area contributed by atoms with Crippen LogP contribution in [0.2, 0.25) is 0 Å². The molecule has 1 fully saturated rings. The van der Waals surface area contributed by atoms with Crippen molar-refractivity contribution in [2.45, 2.75) is 23.4 Å². The van der Waals surface area contributed by atoms with Gasteiger partial charge in [0.1, 0.15) is 32.1 Å². The van der Waals surface area contributed by atoms with Crippen molar-refractivity contribution in [1.82, 2.24) is 10.2 Å². The molecule has 0 saturated heterocycles. The first kappa shape index (κ1) is 12.2. The highest BCUT2D eigenvalue weighted by atomic mass is 33.1. The predicted molar refractivity (Wildman–Crippen MR) is 73.5 cm³/mol. The van der Waals surface area contributed by atoms with Gasteiger partial charge in [0.15, 0.2) is 0 Å². The van der Waals surface area contributed by atoms with Crippen LogP contribution >= 0.6 is 33.7 Å². The zero-order valence-corrected chi connectivity index (χ0v) is 11.5. The fourth-order valence-corrected chi connectivity index (χ4v) is 4.10. The van der Waals surface area contributed by atoms with Gasteiger partial charge in [-0.25, -0.2) is 0 Å². The van der Waals surface area contributed by atoms with Gasteiger partial charge in [-0.15, -0.1) is 10.2 Å². The molecule has 1 spiro atoms. The molecule has 2 heterocycles. The summed E-state index contributed by atoms with van der Waals surface area (Å²) >= 11 is 1.49. The molecule has 0 aromatic carbocycles. The van der Waals surface area contributed by atoms with Gasteiger partial charge in [0.2, 0.25) is 0 Å². The number of nitrogens with zero attached hydrogens (tertiary/aromatic N) is 3. The molecule has 1 aromatic rings. The van der Waals surface area contributed by atoms with E-state index in [1.165, 1.54) is 11.8 Å². The normalized spacial score (nSPS) is 19.3. The number of fused-ring (bicyclic) bond motifs is 2. The maximum Gasteiger partial charge on any atom is 0.144 e. The maximum atomic E-state index is 12.3. The van der Waals surface area contributed by atoms with Crippen molar-refractivity contribution in [2.75, 3.05) is 0 Å². The summed E-state index contributed by atoms with van der Waals surface area (Å²) in [5.74, 6) is -0.102. The Kier molecular flexibility index (Phi) is 2.99. The minimum atomic E-state index is -0.279. The number of nitrogens with two attached hydrogens (primary N) is 1. The van der Waals surface area contributed by atoms with E-state index in [9.17, 15) is 3.89 Å². The Balaban J connectivity index is 2.03. The van der Waals surface area contributed by atoms with Crippen LogP contribution in [0.5, 0.6) is 0 Å². The molecule has 0 amide bonds. The van der Waals surface area contributed by atoms with Gasteiger partial charge < -0.3 is 5.73 Å². The number of amidine groups is 1. The molecule has 0 bridgehead atoms. The van der Waals surface area contributed by atoms with E-state index in [0.29, 0.717) is 10.1 Å². The number of nitrogen functional groups attached to an aromatic ring is 1. The Morgan fingerprint density at radius 1 is 1.50 bits per heavy atom. The number of hydrogen-bond acceptors (Lipinski definition) is 7. The summed E-state index contributed by atoms with van der Waals surface area (Å²) in [6, 6.07) is 1.78. The summed E-state index contributed by atoms with van der Waals surface area (Å²) in [6.45, 7) is 0. The molecule has 1 aliphatic carbocycles. The van der Waals surface area contributed by atoms with E-state index < -0.39 is 0 Å². The summed E-state index contributed by atoms with van der Waals surface area (Å²) in [5, 5.41) is 16.1. The van der Waals surface area contributed by atoms with Gasteiger partial charge in [0.25, 0.3) is 0 Å². The number of aliphatic imine (C=N–C) groups is 1. The van der Waals surface area contributed by atoms with Gasteiger partial charge in [-0.1, -0.05) is 0 Å². The van der Waals surface area contributed by atoms with Crippen molar-refractivity contribution in [2.24, 2.45) is 10.7 Å². The van der Waals surface area contributed by atoms with E-state index in [1.807, 2.05) is 0 Å². The van der Waals surface area contributed by atoms with Gasteiger partial charge in [0.05, 0.1) is 5.54 Å². The summed E-state index contributed by atoms with van der Waals surface area (Å²) in [5.41, 5.74) is 6.46. The lowest BCUT2D eigenvalue weighted by Crippen LogP contribution is -2.19. The molecular weight excluding hydrogens is 293 g/mol. The van der Waals surface area contributed by atoms with Crippen LogP contribution in [-0.4, -0.2) is 20.4 Å². The lowest BCUT2D eigenvalue weighted by atomic mass is 10.1. The molecule has 1 saturated carbocycles. The molecule has 9 heteroatoms. The summed E-state index contributed by atoms with van der Waals surface area (Å²) < 4.78 is 13.0. The topological polar surface area (TPSA) is 88.0 Å². The van der Waals surface area contributed by atoms with Crippen LogP contribution in [0.15, 0.2) is 16.1 Å². The molecule has 94 valence electrons. The van der Waals surface area contributed by atoms with Crippen LogP contribution in [0.1, 0.15) is 24.1 Å². The van der Waals surface area contributed by atoms with Crippen molar-refractivity contribution in [1.29, 1.82) is 5.41 Å². The molecule has 0 radical (unpaired) electrons. The molecule has 3 N–H and O–H groups in total. The zero-order valence-electron chi connectivity index (χ0n) is 9.01. The van der Waals surface area contributed by atoms with E-state index in [-0.39, 0.29) is 22.6 Å². The average Bonchev–Trinajstić information content (AvgIpc) is 3.09. The Labute approximate surface area is 115 Å². The third-order valence-corrected chi connectivity index (χ3v) is 5.39. The van der Waals surface area contributed by atoms with Crippen molar-refractivity contribution in [3.63, 3.8) is 0 Å². The SMILES string of the molecule is N=C(N)c1cc2c(nn1)SC(SSF)=NC21CC1. The Morgan fingerprint density at radius 2 is 2.28 bits per heavy atom. The van der Waals surface area contributed by atoms with E-state index in [4.69, 9.17) is 11.1 Å². The van der Waals surface area contributed by atoms with Crippen LogP contribution in [0.25, 0.3) is 0 Å². The number of aromatic nitrogens is 2. The second-order valence-corrected chi connectivity index (χ2v) is 6.81. The van der Waals surface area contributed by atoms with E-state index in [0.717, 1.165) is 34.2 Å². The molecule has 0 unspecified atom stereocenters. The maximum absolute atomic E-state index is 12.3. The zero-order chi connectivity index (χ0) is 12.8. The molecular formula is C9H8FN5S3. The van der Waals surface area contributed by atoms with E-state index in [2.05, 4.69) is 15.2 Å². The molecule has 1 aromatic heterocycles. The fourth-order valence-electron chi connectivity index (χ4n) is 1.82. The molecule has 5 nitrogen and oxygen atoms in total. The number of thioether (sulfide) groups is 1. The highest BCUT2D eigenvalue weighted by molar-refractivity contribution is 8.84. The minimum Gasteiger partial charge on any atom is -0.382 e. The Morgan fingerprint density at radius 3 is 2.89 bits per heavy atom. The first-order valence-electron chi connectivity index (χ1n) is 5.10. The lowest BCUT2D eigenvalue weighted by Gasteiger charge is -2.20. The van der Waals surface area contributed by atoms with Crippen LogP contribution in [0.4, 0.5) is 3.89 Å². The summed E-state index contributed by atoms with van der Waals surface area (Å²) in [7, 11) is 0.997. The van der Waals surface area contributed by atoms with Gasteiger partial charge in [-0.3, -0.25) is 10.4 Å².